The van der Waals surface area contributed by atoms with Crippen molar-refractivity contribution in [3.05, 3.63) is 76.0 Å². The monoisotopic (exact) mass is 381 g/mol. The number of carbonyl (C=O) groups is 1. The smallest absolute Gasteiger partial charge is 0.279 e. The van der Waals surface area contributed by atoms with Crippen LogP contribution in [-0.2, 0) is 4.79 Å². The molecule has 27 heavy (non-hydrogen) atoms. The molecule has 0 spiro atoms. The summed E-state index contributed by atoms with van der Waals surface area (Å²) in [5, 5.41) is 7.07. The second kappa shape index (κ2) is 7.82. The number of carbonyl (C=O) groups excluding carboxylic acids is 1. The third-order valence-electron chi connectivity index (χ3n) is 4.48. The Bertz CT molecular complexity index is 923. The van der Waals surface area contributed by atoms with Gasteiger partial charge in [0.05, 0.1) is 4.88 Å². The molecule has 0 bridgehead atoms. The summed E-state index contributed by atoms with van der Waals surface area (Å²) < 4.78 is 10.7. The van der Waals surface area contributed by atoms with Gasteiger partial charge < -0.3 is 20.1 Å². The summed E-state index contributed by atoms with van der Waals surface area (Å²) in [6.45, 7) is 2.62. The lowest BCUT2D eigenvalue weighted by molar-refractivity contribution is -0.675. The number of hydrogen-bond donors (Lipinski definition) is 2. The van der Waals surface area contributed by atoms with Gasteiger partial charge in [-0.2, -0.15) is 0 Å². The van der Waals surface area contributed by atoms with E-state index in [1.54, 1.807) is 17.4 Å². The average Bonchev–Trinajstić information content (AvgIpc) is 3.35. The number of aryl methyl sites for hydroxylation is 1. The lowest BCUT2D eigenvalue weighted by Gasteiger charge is -2.15. The van der Waals surface area contributed by atoms with Crippen molar-refractivity contribution in [3.63, 3.8) is 0 Å². The molecular weight excluding hydrogens is 360 g/mol. The number of nitrogens with two attached hydrogens (primary N) is 1. The first-order valence-electron chi connectivity index (χ1n) is 8.82. The van der Waals surface area contributed by atoms with E-state index in [4.69, 9.17) is 9.47 Å². The zero-order valence-electron chi connectivity index (χ0n) is 15.0. The van der Waals surface area contributed by atoms with Crippen LogP contribution in [0.2, 0.25) is 0 Å². The van der Waals surface area contributed by atoms with Gasteiger partial charge in [-0.15, -0.1) is 11.3 Å². The number of thiophene rings is 1. The number of amides is 1. The highest BCUT2D eigenvalue weighted by Gasteiger charge is 2.20. The number of quaternary nitrogens is 1. The van der Waals surface area contributed by atoms with E-state index in [0.29, 0.717) is 23.7 Å². The highest BCUT2D eigenvalue weighted by molar-refractivity contribution is 7.10. The van der Waals surface area contributed by atoms with Crippen LogP contribution >= 0.6 is 11.3 Å². The van der Waals surface area contributed by atoms with E-state index in [2.05, 4.69) is 53.3 Å². The van der Waals surface area contributed by atoms with Gasteiger partial charge in [0.1, 0.15) is 6.04 Å². The normalized spacial score (nSPS) is 13.4. The number of anilines is 1. The number of rotatable bonds is 6. The van der Waals surface area contributed by atoms with Crippen LogP contribution < -0.4 is 20.1 Å². The molecule has 5 nitrogen and oxygen atoms in total. The van der Waals surface area contributed by atoms with Gasteiger partial charge >= 0.3 is 0 Å². The molecule has 2 heterocycles. The molecule has 4 rings (SSSR count). The summed E-state index contributed by atoms with van der Waals surface area (Å²) in [4.78, 5) is 13.7. The maximum absolute atomic E-state index is 12.5. The van der Waals surface area contributed by atoms with Crippen molar-refractivity contribution < 1.29 is 19.6 Å². The van der Waals surface area contributed by atoms with Crippen LogP contribution in [-0.4, -0.2) is 19.2 Å². The van der Waals surface area contributed by atoms with Gasteiger partial charge in [0.2, 0.25) is 6.79 Å². The molecule has 1 atom stereocenters. The minimum atomic E-state index is -0.0532. The molecule has 0 radical (unpaired) electrons. The lowest BCUT2D eigenvalue weighted by Crippen LogP contribution is -2.87. The van der Waals surface area contributed by atoms with E-state index >= 15 is 0 Å². The molecule has 3 aromatic rings. The second-order valence-electron chi connectivity index (χ2n) is 6.46. The Hall–Kier alpha value is -2.83. The summed E-state index contributed by atoms with van der Waals surface area (Å²) in [6, 6.07) is 18.2. The fraction of sp³-hybridized carbons (Fsp3) is 0.190. The van der Waals surface area contributed by atoms with Crippen molar-refractivity contribution in [1.82, 2.24) is 0 Å². The van der Waals surface area contributed by atoms with E-state index in [1.807, 2.05) is 18.2 Å². The molecule has 138 valence electrons. The summed E-state index contributed by atoms with van der Waals surface area (Å²) in [7, 11) is 0. The molecule has 0 fully saturated rings. The van der Waals surface area contributed by atoms with E-state index in [-0.39, 0.29) is 18.7 Å². The molecule has 2 aromatic carbocycles. The molecule has 0 unspecified atom stereocenters. The van der Waals surface area contributed by atoms with Gasteiger partial charge in [-0.3, -0.25) is 4.79 Å². The molecule has 1 aliphatic heterocycles. The predicted octanol–water partition coefficient (Wildman–Crippen LogP) is 3.08. The van der Waals surface area contributed by atoms with E-state index < -0.39 is 0 Å². The van der Waals surface area contributed by atoms with E-state index in [9.17, 15) is 4.79 Å². The van der Waals surface area contributed by atoms with Crippen LogP contribution in [0.15, 0.2) is 60.0 Å². The molecule has 1 amide bonds. The predicted molar refractivity (Wildman–Crippen MR) is 105 cm³/mol. The quantitative estimate of drug-likeness (QED) is 0.690. The van der Waals surface area contributed by atoms with Crippen molar-refractivity contribution in [3.8, 4) is 11.5 Å². The van der Waals surface area contributed by atoms with Crippen molar-refractivity contribution in [1.29, 1.82) is 0 Å². The Morgan fingerprint density at radius 3 is 2.74 bits per heavy atom. The third kappa shape index (κ3) is 4.13. The van der Waals surface area contributed by atoms with Gasteiger partial charge in [0, 0.05) is 17.3 Å². The summed E-state index contributed by atoms with van der Waals surface area (Å²) in [5.74, 6) is 1.31. The van der Waals surface area contributed by atoms with Crippen molar-refractivity contribution >= 4 is 22.9 Å². The number of fused-ring (bicyclic) bond motifs is 1. The first-order valence-corrected chi connectivity index (χ1v) is 9.70. The van der Waals surface area contributed by atoms with E-state index in [0.717, 1.165) is 0 Å². The molecule has 6 heteroatoms. The zero-order chi connectivity index (χ0) is 18.6. The summed E-state index contributed by atoms with van der Waals surface area (Å²) in [5.41, 5.74) is 3.13. The summed E-state index contributed by atoms with van der Waals surface area (Å²) >= 11 is 1.71. The average molecular weight is 381 g/mol. The van der Waals surface area contributed by atoms with Crippen molar-refractivity contribution in [2.24, 2.45) is 0 Å². The first-order chi connectivity index (χ1) is 13.2. The Morgan fingerprint density at radius 2 is 1.96 bits per heavy atom. The van der Waals surface area contributed by atoms with Gasteiger partial charge in [0.25, 0.3) is 5.91 Å². The molecule has 0 aliphatic carbocycles. The Labute approximate surface area is 161 Å². The van der Waals surface area contributed by atoms with Crippen LogP contribution in [0.1, 0.15) is 22.0 Å². The topological polar surface area (TPSA) is 64.2 Å². The minimum absolute atomic E-state index is 0.0532. The number of benzene rings is 2. The fourth-order valence-corrected chi connectivity index (χ4v) is 3.92. The van der Waals surface area contributed by atoms with Crippen molar-refractivity contribution in [2.75, 3.05) is 18.7 Å². The maximum Gasteiger partial charge on any atom is 0.279 e. The first kappa shape index (κ1) is 17.6. The maximum atomic E-state index is 12.5. The Balaban J connectivity index is 1.43. The number of nitrogens with one attached hydrogen (secondary N) is 1. The zero-order valence-corrected chi connectivity index (χ0v) is 15.8. The number of hydrogen-bond acceptors (Lipinski definition) is 4. The van der Waals surface area contributed by atoms with Gasteiger partial charge in [-0.25, -0.2) is 0 Å². The fourth-order valence-electron chi connectivity index (χ4n) is 3.07. The highest BCUT2D eigenvalue weighted by Crippen LogP contribution is 2.34. The van der Waals surface area contributed by atoms with Crippen LogP contribution in [0.4, 0.5) is 5.69 Å². The lowest BCUT2D eigenvalue weighted by atomic mass is 10.0. The van der Waals surface area contributed by atoms with Crippen LogP contribution in [0.25, 0.3) is 0 Å². The second-order valence-corrected chi connectivity index (χ2v) is 7.44. The molecule has 0 saturated heterocycles. The van der Waals surface area contributed by atoms with Gasteiger partial charge in [0.15, 0.2) is 18.0 Å². The van der Waals surface area contributed by atoms with Crippen LogP contribution in [0.3, 0.4) is 0 Å². The summed E-state index contributed by atoms with van der Waals surface area (Å²) in [6.07, 6.45) is 0. The molecule has 1 aromatic heterocycles. The largest absolute Gasteiger partial charge is 0.454 e. The molecule has 1 aliphatic rings. The van der Waals surface area contributed by atoms with Crippen molar-refractivity contribution in [2.45, 2.75) is 13.0 Å². The van der Waals surface area contributed by atoms with E-state index in [1.165, 1.54) is 16.0 Å². The Morgan fingerprint density at radius 1 is 1.15 bits per heavy atom. The number of ether oxygens (including phenoxy) is 2. The SMILES string of the molecule is Cc1ccc([C@H]([NH2+]CC(=O)Nc2ccc3c(c2)OCO3)c2cccs2)cc1. The molecule has 3 N–H and O–H groups in total. The molecule has 0 saturated carbocycles. The minimum Gasteiger partial charge on any atom is -0.454 e. The van der Waals surface area contributed by atoms with Crippen LogP contribution in [0, 0.1) is 6.92 Å². The van der Waals surface area contributed by atoms with Gasteiger partial charge in [-0.1, -0.05) is 35.9 Å². The van der Waals surface area contributed by atoms with Gasteiger partial charge in [-0.05, 0) is 30.5 Å². The van der Waals surface area contributed by atoms with Crippen LogP contribution in [0.5, 0.6) is 11.5 Å². The standard InChI is InChI=1S/C21H20N2O3S/c1-14-4-6-15(7-5-14)21(19-3-2-10-27-19)22-12-20(24)23-16-8-9-17-18(11-16)26-13-25-17/h2-11,21-22H,12-13H2,1H3,(H,23,24)/p+1/t21-/m0/s1. The third-order valence-corrected chi connectivity index (χ3v) is 5.44. The highest BCUT2D eigenvalue weighted by atomic mass is 32.1. The molecular formula is C21H21N2O3S+. The Kier molecular flexibility index (Phi) is 5.09.